The summed E-state index contributed by atoms with van der Waals surface area (Å²) in [5.41, 5.74) is 0.394. The van der Waals surface area contributed by atoms with Crippen LogP contribution in [-0.4, -0.2) is 58.1 Å². The molecule has 1 unspecified atom stereocenters. The number of hydrogen-bond donors (Lipinski definition) is 1. The van der Waals surface area contributed by atoms with Crippen molar-refractivity contribution in [2.75, 3.05) is 19.6 Å². The largest absolute Gasteiger partial charge is 0.388 e. The van der Waals surface area contributed by atoms with Crippen molar-refractivity contribution in [2.45, 2.75) is 56.2 Å². The molecule has 0 radical (unpaired) electrons. The van der Waals surface area contributed by atoms with Gasteiger partial charge in [-0.2, -0.15) is 0 Å². The Bertz CT molecular complexity index is 562. The lowest BCUT2D eigenvalue weighted by Crippen LogP contribution is -2.51. The third kappa shape index (κ3) is 2.90. The van der Waals surface area contributed by atoms with Crippen LogP contribution < -0.4 is 0 Å². The number of nitrogens with zero attached hydrogens (tertiary/aromatic N) is 2. The number of carbonyl (C=O) groups is 1. The molecule has 2 saturated heterocycles. The van der Waals surface area contributed by atoms with Crippen molar-refractivity contribution in [3.63, 3.8) is 0 Å². The van der Waals surface area contributed by atoms with E-state index in [9.17, 15) is 9.90 Å². The first-order chi connectivity index (χ1) is 11.2. The minimum absolute atomic E-state index is 0.155. The number of carbonyl (C=O) groups excluding carboxylic acids is 1. The lowest BCUT2D eigenvalue weighted by atomic mass is 9.99. The maximum absolute atomic E-state index is 12.5. The standard InChI is InChI=1S/C19H26N2O2/c22-18(15-5-2-1-3-6-15)20-13-8-16(9-14-20)21-12-4-7-17(21)19(23)10-11-19/h1-3,5-6,16-17,23H,4,7-14H2. The zero-order chi connectivity index (χ0) is 15.9. The summed E-state index contributed by atoms with van der Waals surface area (Å²) >= 11 is 0. The minimum Gasteiger partial charge on any atom is -0.388 e. The highest BCUT2D eigenvalue weighted by atomic mass is 16.3. The van der Waals surface area contributed by atoms with Crippen LogP contribution in [0.1, 0.15) is 48.9 Å². The number of piperidine rings is 1. The van der Waals surface area contributed by atoms with Crippen molar-refractivity contribution in [1.82, 2.24) is 9.80 Å². The third-order valence-electron chi connectivity index (χ3n) is 5.92. The van der Waals surface area contributed by atoms with Crippen molar-refractivity contribution < 1.29 is 9.90 Å². The van der Waals surface area contributed by atoms with E-state index in [-0.39, 0.29) is 5.91 Å². The maximum Gasteiger partial charge on any atom is 0.253 e. The Labute approximate surface area is 138 Å². The lowest BCUT2D eigenvalue weighted by molar-refractivity contribution is 0.0134. The molecule has 3 aliphatic rings. The summed E-state index contributed by atoms with van der Waals surface area (Å²) < 4.78 is 0. The van der Waals surface area contributed by atoms with Crippen molar-refractivity contribution >= 4 is 5.91 Å². The second-order valence-electron chi connectivity index (χ2n) is 7.39. The maximum atomic E-state index is 12.5. The normalized spacial score (nSPS) is 28.0. The third-order valence-corrected chi connectivity index (χ3v) is 5.92. The van der Waals surface area contributed by atoms with Gasteiger partial charge in [-0.15, -0.1) is 0 Å². The number of likely N-dealkylation sites (tertiary alicyclic amines) is 2. The second kappa shape index (κ2) is 5.91. The van der Waals surface area contributed by atoms with Crippen LogP contribution in [0.4, 0.5) is 0 Å². The molecular formula is C19H26N2O2. The summed E-state index contributed by atoms with van der Waals surface area (Å²) in [5, 5.41) is 10.5. The van der Waals surface area contributed by atoms with E-state index >= 15 is 0 Å². The predicted octanol–water partition coefficient (Wildman–Crippen LogP) is 2.28. The molecule has 1 aromatic rings. The van der Waals surface area contributed by atoms with E-state index in [0.29, 0.717) is 12.1 Å². The molecule has 23 heavy (non-hydrogen) atoms. The number of hydrogen-bond acceptors (Lipinski definition) is 3. The van der Waals surface area contributed by atoms with Gasteiger partial charge in [0.05, 0.1) is 5.60 Å². The molecule has 0 aromatic heterocycles. The van der Waals surface area contributed by atoms with Crippen LogP contribution in [0.5, 0.6) is 0 Å². The second-order valence-corrected chi connectivity index (χ2v) is 7.39. The van der Waals surface area contributed by atoms with E-state index in [1.165, 1.54) is 6.42 Å². The summed E-state index contributed by atoms with van der Waals surface area (Å²) in [6.45, 7) is 2.78. The monoisotopic (exact) mass is 314 g/mol. The van der Waals surface area contributed by atoms with Gasteiger partial charge in [0, 0.05) is 30.7 Å². The van der Waals surface area contributed by atoms with Gasteiger partial charge in [-0.25, -0.2) is 0 Å². The molecule has 1 N–H and O–H groups in total. The number of aliphatic hydroxyl groups is 1. The Balaban J connectivity index is 1.37. The molecule has 1 amide bonds. The van der Waals surface area contributed by atoms with E-state index in [0.717, 1.165) is 57.3 Å². The molecule has 4 heteroatoms. The Morgan fingerprint density at radius 3 is 2.39 bits per heavy atom. The molecule has 4 rings (SSSR count). The van der Waals surface area contributed by atoms with Gasteiger partial charge in [0.15, 0.2) is 0 Å². The fourth-order valence-electron chi connectivity index (χ4n) is 4.43. The van der Waals surface area contributed by atoms with E-state index in [4.69, 9.17) is 0 Å². The highest BCUT2D eigenvalue weighted by Gasteiger charge is 2.52. The molecule has 1 aliphatic carbocycles. The van der Waals surface area contributed by atoms with Crippen molar-refractivity contribution in [3.05, 3.63) is 35.9 Å². The molecule has 4 nitrogen and oxygen atoms in total. The van der Waals surface area contributed by atoms with Crippen LogP contribution in [0.2, 0.25) is 0 Å². The molecule has 0 bridgehead atoms. The summed E-state index contributed by atoms with van der Waals surface area (Å²) in [5.74, 6) is 0.155. The smallest absolute Gasteiger partial charge is 0.253 e. The van der Waals surface area contributed by atoms with Crippen LogP contribution in [0.25, 0.3) is 0 Å². The van der Waals surface area contributed by atoms with Gasteiger partial charge < -0.3 is 10.0 Å². The topological polar surface area (TPSA) is 43.8 Å². The van der Waals surface area contributed by atoms with E-state index < -0.39 is 5.60 Å². The van der Waals surface area contributed by atoms with Crippen LogP contribution in [0, 0.1) is 0 Å². The summed E-state index contributed by atoms with van der Waals surface area (Å²) in [4.78, 5) is 17.1. The first kappa shape index (κ1) is 15.2. The van der Waals surface area contributed by atoms with Crippen LogP contribution >= 0.6 is 0 Å². The van der Waals surface area contributed by atoms with Gasteiger partial charge in [0.2, 0.25) is 0 Å². The molecule has 0 spiro atoms. The summed E-state index contributed by atoms with van der Waals surface area (Å²) in [7, 11) is 0. The Morgan fingerprint density at radius 2 is 1.74 bits per heavy atom. The zero-order valence-electron chi connectivity index (χ0n) is 13.7. The Hall–Kier alpha value is -1.39. The highest BCUT2D eigenvalue weighted by molar-refractivity contribution is 5.94. The van der Waals surface area contributed by atoms with Gasteiger partial charge in [0.1, 0.15) is 0 Å². The minimum atomic E-state index is -0.395. The van der Waals surface area contributed by atoms with E-state index in [2.05, 4.69) is 4.90 Å². The fraction of sp³-hybridized carbons (Fsp3) is 0.632. The molecular weight excluding hydrogens is 288 g/mol. The van der Waals surface area contributed by atoms with Gasteiger partial charge in [-0.1, -0.05) is 18.2 Å². The summed E-state index contributed by atoms with van der Waals surface area (Å²) in [6.07, 6.45) is 6.35. The van der Waals surface area contributed by atoms with Crippen molar-refractivity contribution in [3.8, 4) is 0 Å². The molecule has 3 fully saturated rings. The molecule has 1 saturated carbocycles. The van der Waals surface area contributed by atoms with Crippen LogP contribution in [0.15, 0.2) is 30.3 Å². The van der Waals surface area contributed by atoms with Gasteiger partial charge in [-0.05, 0) is 57.2 Å². The number of benzene rings is 1. The first-order valence-electron chi connectivity index (χ1n) is 9.00. The first-order valence-corrected chi connectivity index (χ1v) is 9.00. The zero-order valence-corrected chi connectivity index (χ0v) is 13.7. The van der Waals surface area contributed by atoms with Crippen molar-refractivity contribution in [2.24, 2.45) is 0 Å². The highest BCUT2D eigenvalue weighted by Crippen LogP contribution is 2.45. The van der Waals surface area contributed by atoms with E-state index in [1.54, 1.807) is 0 Å². The lowest BCUT2D eigenvalue weighted by Gasteiger charge is -2.40. The average molecular weight is 314 g/mol. The fourth-order valence-corrected chi connectivity index (χ4v) is 4.43. The molecule has 124 valence electrons. The quantitative estimate of drug-likeness (QED) is 0.931. The Morgan fingerprint density at radius 1 is 1.04 bits per heavy atom. The van der Waals surface area contributed by atoms with Gasteiger partial charge in [0.25, 0.3) is 5.91 Å². The van der Waals surface area contributed by atoms with Crippen LogP contribution in [-0.2, 0) is 0 Å². The SMILES string of the molecule is O=C(c1ccccc1)N1CCC(N2CCCC2C2(O)CC2)CC1. The number of amides is 1. The molecule has 1 aromatic carbocycles. The van der Waals surface area contributed by atoms with Crippen LogP contribution in [0.3, 0.4) is 0 Å². The molecule has 2 heterocycles. The molecule has 1 atom stereocenters. The van der Waals surface area contributed by atoms with Crippen molar-refractivity contribution in [1.29, 1.82) is 0 Å². The number of rotatable bonds is 3. The predicted molar refractivity (Wildman–Crippen MR) is 89.3 cm³/mol. The average Bonchev–Trinajstić information content (AvgIpc) is 3.15. The summed E-state index contributed by atoms with van der Waals surface area (Å²) in [6, 6.07) is 10.5. The van der Waals surface area contributed by atoms with E-state index in [1.807, 2.05) is 35.2 Å². The molecule has 2 aliphatic heterocycles. The Kier molecular flexibility index (Phi) is 3.90. The van der Waals surface area contributed by atoms with Gasteiger partial charge >= 0.3 is 0 Å². The van der Waals surface area contributed by atoms with Gasteiger partial charge in [-0.3, -0.25) is 9.69 Å².